The van der Waals surface area contributed by atoms with Crippen molar-refractivity contribution < 1.29 is 64.6 Å². The molecule has 0 spiro atoms. The van der Waals surface area contributed by atoms with Gasteiger partial charge in [-0.2, -0.15) is 0 Å². The summed E-state index contributed by atoms with van der Waals surface area (Å²) in [7, 11) is 0. The second kappa shape index (κ2) is 49.2. The van der Waals surface area contributed by atoms with Crippen LogP contribution in [-0.2, 0) is 23.7 Å². The minimum Gasteiger partial charge on any atom is -0.394 e. The first-order valence-electron chi connectivity index (χ1n) is 29.7. The topological polar surface area (TPSA) is 228 Å². The zero-order valence-electron chi connectivity index (χ0n) is 48.2. The van der Waals surface area contributed by atoms with E-state index in [1.807, 2.05) is 19.1 Å². The third kappa shape index (κ3) is 34.1. The van der Waals surface area contributed by atoms with E-state index in [9.17, 15) is 45.6 Å². The number of carbonyl (C=O) groups excluding carboxylic acids is 1. The molecule has 0 aromatic heterocycles. The molecule has 2 aliphatic heterocycles. The lowest BCUT2D eigenvalue weighted by Crippen LogP contribution is -2.65. The van der Waals surface area contributed by atoms with Gasteiger partial charge in [0.2, 0.25) is 5.91 Å². The average molecular weight is 1120 g/mol. The van der Waals surface area contributed by atoms with Crippen LogP contribution >= 0.6 is 0 Å². The predicted molar refractivity (Wildman–Crippen MR) is 322 cm³/mol. The summed E-state index contributed by atoms with van der Waals surface area (Å²) >= 11 is 0. The third-order valence-electron chi connectivity index (χ3n) is 13.3. The Morgan fingerprint density at radius 2 is 0.887 bits per heavy atom. The fraction of sp³-hybridized carbons (Fsp3) is 0.591. The van der Waals surface area contributed by atoms with Crippen LogP contribution in [-0.4, -0.2) is 140 Å². The summed E-state index contributed by atoms with van der Waals surface area (Å²) in [5.41, 5.74) is 0. The van der Waals surface area contributed by atoms with Crippen LogP contribution in [0.1, 0.15) is 155 Å². The van der Waals surface area contributed by atoms with E-state index in [1.54, 1.807) is 6.08 Å². The van der Waals surface area contributed by atoms with Crippen LogP contribution in [0.3, 0.4) is 0 Å². The number of allylic oxidation sites excluding steroid dienone is 25. The molecule has 2 saturated heterocycles. The summed E-state index contributed by atoms with van der Waals surface area (Å²) in [6.45, 7) is 2.36. The minimum atomic E-state index is -1.80. The number of aliphatic hydroxyl groups is 8. The van der Waals surface area contributed by atoms with Crippen LogP contribution in [0.15, 0.2) is 158 Å². The first-order chi connectivity index (χ1) is 39.1. The molecule has 14 heteroatoms. The Morgan fingerprint density at radius 1 is 0.475 bits per heavy atom. The highest BCUT2D eigenvalue weighted by Crippen LogP contribution is 2.30. The Morgan fingerprint density at radius 3 is 1.38 bits per heavy atom. The molecule has 0 aromatic rings. The lowest BCUT2D eigenvalue weighted by atomic mass is 9.97. The van der Waals surface area contributed by atoms with Crippen molar-refractivity contribution in [3.05, 3.63) is 158 Å². The summed E-state index contributed by atoms with van der Waals surface area (Å²) in [4.78, 5) is 13.2. The average Bonchev–Trinajstić information content (AvgIpc) is 3.49. The quantitative estimate of drug-likeness (QED) is 0.0205. The summed E-state index contributed by atoms with van der Waals surface area (Å²) in [5.74, 6) is -0.280. The maximum atomic E-state index is 13.2. The number of aliphatic hydroxyl groups excluding tert-OH is 8. The highest BCUT2D eigenvalue weighted by Gasteiger charge is 2.51. The lowest BCUT2D eigenvalue weighted by Gasteiger charge is -2.46. The number of amides is 1. The molecule has 80 heavy (non-hydrogen) atoms. The van der Waals surface area contributed by atoms with Gasteiger partial charge in [0.05, 0.1) is 32.0 Å². The number of nitrogens with one attached hydrogen (secondary N) is 1. The molecule has 2 rings (SSSR count). The molecule has 9 N–H and O–H groups in total. The Kier molecular flexibility index (Phi) is 44.1. The number of carbonyl (C=O) groups is 1. The molecule has 2 aliphatic rings. The van der Waals surface area contributed by atoms with Crippen molar-refractivity contribution in [1.82, 2.24) is 5.32 Å². The van der Waals surface area contributed by atoms with Crippen molar-refractivity contribution in [1.29, 1.82) is 0 Å². The van der Waals surface area contributed by atoms with E-state index in [0.717, 1.165) is 122 Å². The fourth-order valence-electron chi connectivity index (χ4n) is 8.53. The van der Waals surface area contributed by atoms with E-state index in [1.165, 1.54) is 0 Å². The van der Waals surface area contributed by atoms with Gasteiger partial charge < -0.3 is 65.1 Å². The van der Waals surface area contributed by atoms with Gasteiger partial charge >= 0.3 is 0 Å². The molecular formula is C66H103NO13. The van der Waals surface area contributed by atoms with Crippen molar-refractivity contribution in [3.63, 3.8) is 0 Å². The molecule has 0 bridgehead atoms. The second-order valence-electron chi connectivity index (χ2n) is 20.0. The number of hydrogen-bond acceptors (Lipinski definition) is 13. The van der Waals surface area contributed by atoms with Crippen LogP contribution in [0.4, 0.5) is 0 Å². The van der Waals surface area contributed by atoms with Gasteiger partial charge in [0.1, 0.15) is 48.8 Å². The van der Waals surface area contributed by atoms with Gasteiger partial charge in [0.15, 0.2) is 12.6 Å². The molecule has 0 radical (unpaired) electrons. The van der Waals surface area contributed by atoms with Crippen molar-refractivity contribution >= 4 is 5.91 Å². The van der Waals surface area contributed by atoms with Crippen LogP contribution in [0.5, 0.6) is 0 Å². The van der Waals surface area contributed by atoms with Gasteiger partial charge in [-0.15, -0.1) is 0 Å². The van der Waals surface area contributed by atoms with Crippen molar-refractivity contribution in [3.8, 4) is 0 Å². The summed E-state index contributed by atoms with van der Waals surface area (Å²) in [5, 5.41) is 86.7. The standard InChI is InChI=1S/C66H103NO13/c1-3-5-7-9-11-13-14-15-16-17-18-19-20-21-22-23-24-25-26-27-28-29-30-31-32-33-34-35-36-37-38-39-40-42-44-46-48-50-58(71)67-54(55(70)49-47-45-43-41-12-10-8-6-4-2)53-77-65-63(76)61(74)64(57(52-69)79-65)80-66-62(75)60(73)59(72)56(51-68)78-66/h4-7,11-13,15-16,18-19,21-22,24-25,27-28,30-31,33-34,36-37,41,47,49,54-57,59-66,68-70,72-76H,3,8-10,14,17,20,23,26,29,32,35,38-40,42-46,48,50-53H2,1-2H3,(H,67,71)/b6-4+,7-5-,13-11-,16-15-,19-18-,22-21-,25-24-,28-27-,31-30-,34-33-,37-36-,41-12+,49-47+. The van der Waals surface area contributed by atoms with Gasteiger partial charge in [-0.25, -0.2) is 0 Å². The molecule has 12 atom stereocenters. The van der Waals surface area contributed by atoms with Gasteiger partial charge in [0, 0.05) is 6.42 Å². The van der Waals surface area contributed by atoms with Crippen LogP contribution < -0.4 is 5.32 Å². The first kappa shape index (κ1) is 71.7. The maximum absolute atomic E-state index is 13.2. The predicted octanol–water partition coefficient (Wildman–Crippen LogP) is 10.3. The molecule has 12 unspecified atom stereocenters. The fourth-order valence-corrected chi connectivity index (χ4v) is 8.53. The Hall–Kier alpha value is -4.39. The number of ether oxygens (including phenoxy) is 4. The van der Waals surface area contributed by atoms with Crippen LogP contribution in [0.25, 0.3) is 0 Å². The molecule has 450 valence electrons. The van der Waals surface area contributed by atoms with Gasteiger partial charge in [0.25, 0.3) is 0 Å². The van der Waals surface area contributed by atoms with E-state index in [-0.39, 0.29) is 18.9 Å². The Labute approximate surface area is 480 Å². The summed E-state index contributed by atoms with van der Waals surface area (Å²) in [6.07, 6.45) is 59.0. The molecule has 2 heterocycles. The molecule has 0 saturated carbocycles. The highest BCUT2D eigenvalue weighted by atomic mass is 16.7. The molecule has 14 nitrogen and oxygen atoms in total. The van der Waals surface area contributed by atoms with E-state index in [2.05, 4.69) is 152 Å². The first-order valence-corrected chi connectivity index (χ1v) is 29.7. The van der Waals surface area contributed by atoms with Crippen molar-refractivity contribution in [2.24, 2.45) is 0 Å². The number of hydrogen-bond donors (Lipinski definition) is 9. The maximum Gasteiger partial charge on any atom is 0.220 e. The number of rotatable bonds is 44. The minimum absolute atomic E-state index is 0.241. The SMILES string of the molecule is C/C=C/CC/C=C/CC/C=C/C(O)C(COC1OC(CO)C(OC2OC(CO)C(O)C(O)C2O)C(O)C1O)NC(=O)CCCCCCCC/C=C\C/C=C\C/C=C\C/C=C\C/C=C\C/C=C\C/C=C\C/C=C\C/C=C\C/C=C\CC. The Balaban J connectivity index is 1.65. The molecular weight excluding hydrogens is 1010 g/mol. The molecule has 0 aliphatic carbocycles. The van der Waals surface area contributed by atoms with Gasteiger partial charge in [-0.3, -0.25) is 4.79 Å². The monoisotopic (exact) mass is 1120 g/mol. The normalized spacial score (nSPS) is 25.4. The Bertz CT molecular complexity index is 1940. The molecule has 0 aromatic carbocycles. The summed E-state index contributed by atoms with van der Waals surface area (Å²) in [6, 6.07) is -0.956. The van der Waals surface area contributed by atoms with E-state index in [0.29, 0.717) is 12.8 Å². The molecule has 1 amide bonds. The van der Waals surface area contributed by atoms with E-state index >= 15 is 0 Å². The van der Waals surface area contributed by atoms with E-state index < -0.39 is 86.8 Å². The highest BCUT2D eigenvalue weighted by molar-refractivity contribution is 5.76. The van der Waals surface area contributed by atoms with Crippen molar-refractivity contribution in [2.45, 2.75) is 229 Å². The van der Waals surface area contributed by atoms with Crippen molar-refractivity contribution in [2.75, 3.05) is 19.8 Å². The smallest absolute Gasteiger partial charge is 0.220 e. The van der Waals surface area contributed by atoms with Gasteiger partial charge in [-0.1, -0.05) is 191 Å². The summed E-state index contributed by atoms with van der Waals surface area (Å²) < 4.78 is 22.6. The second-order valence-corrected chi connectivity index (χ2v) is 20.0. The zero-order valence-corrected chi connectivity index (χ0v) is 48.2. The zero-order chi connectivity index (χ0) is 58.1. The number of unbranched alkanes of at least 4 members (excludes halogenated alkanes) is 8. The van der Waals surface area contributed by atoms with Crippen LogP contribution in [0, 0.1) is 0 Å². The third-order valence-corrected chi connectivity index (χ3v) is 13.3. The van der Waals surface area contributed by atoms with Gasteiger partial charge in [-0.05, 0) is 116 Å². The van der Waals surface area contributed by atoms with Crippen LogP contribution in [0.2, 0.25) is 0 Å². The van der Waals surface area contributed by atoms with E-state index in [4.69, 9.17) is 18.9 Å². The molecule has 2 fully saturated rings. The largest absolute Gasteiger partial charge is 0.394 e. The lowest BCUT2D eigenvalue weighted by molar-refractivity contribution is -0.359.